The van der Waals surface area contributed by atoms with E-state index in [1.807, 2.05) is 0 Å². The van der Waals surface area contributed by atoms with Crippen molar-refractivity contribution >= 4 is 5.97 Å². The van der Waals surface area contributed by atoms with Crippen molar-refractivity contribution in [3.63, 3.8) is 0 Å². The molecule has 17 heavy (non-hydrogen) atoms. The Bertz CT molecular complexity index is 268. The van der Waals surface area contributed by atoms with Crippen LogP contribution in [0.1, 0.15) is 38.5 Å². The lowest BCUT2D eigenvalue weighted by molar-refractivity contribution is -0.156. The molecule has 1 N–H and O–H groups in total. The SMILES string of the molecule is CN(CC1(C(=O)O)CCOCC1)C1CCCC1. The van der Waals surface area contributed by atoms with Gasteiger partial charge in [-0.05, 0) is 32.7 Å². The number of carbonyl (C=O) groups is 1. The van der Waals surface area contributed by atoms with Gasteiger partial charge in [0.05, 0.1) is 5.41 Å². The first-order chi connectivity index (χ1) is 8.14. The molecular weight excluding hydrogens is 218 g/mol. The van der Waals surface area contributed by atoms with Gasteiger partial charge in [0.25, 0.3) is 0 Å². The molecule has 2 rings (SSSR count). The summed E-state index contributed by atoms with van der Waals surface area (Å²) >= 11 is 0. The number of carboxylic acid groups (broad SMARTS) is 1. The Kier molecular flexibility index (Phi) is 4.05. The standard InChI is InChI=1S/C13H23NO3/c1-14(11-4-2-3-5-11)10-13(12(15)16)6-8-17-9-7-13/h11H,2-10H2,1H3,(H,15,16). The minimum absolute atomic E-state index is 0.574. The maximum atomic E-state index is 11.5. The lowest BCUT2D eigenvalue weighted by Gasteiger charge is -2.38. The van der Waals surface area contributed by atoms with E-state index in [1.165, 1.54) is 25.7 Å². The lowest BCUT2D eigenvalue weighted by Crippen LogP contribution is -2.47. The molecule has 0 amide bonds. The predicted molar refractivity (Wildman–Crippen MR) is 65.0 cm³/mol. The summed E-state index contributed by atoms with van der Waals surface area (Å²) in [6.07, 6.45) is 6.33. The zero-order chi connectivity index (χ0) is 12.3. The van der Waals surface area contributed by atoms with Crippen LogP contribution in [0.2, 0.25) is 0 Å². The quantitative estimate of drug-likeness (QED) is 0.814. The number of hydrogen-bond donors (Lipinski definition) is 1. The van der Waals surface area contributed by atoms with Gasteiger partial charge >= 0.3 is 5.97 Å². The molecule has 1 aliphatic heterocycles. The average molecular weight is 241 g/mol. The van der Waals surface area contributed by atoms with Gasteiger partial charge in [-0.2, -0.15) is 0 Å². The van der Waals surface area contributed by atoms with Gasteiger partial charge in [0, 0.05) is 25.8 Å². The first kappa shape index (κ1) is 12.8. The molecule has 98 valence electrons. The van der Waals surface area contributed by atoms with Gasteiger partial charge < -0.3 is 14.7 Å². The van der Waals surface area contributed by atoms with Crippen molar-refractivity contribution in [2.24, 2.45) is 5.41 Å². The second-order valence-electron chi connectivity index (χ2n) is 5.55. The average Bonchev–Trinajstić information content (AvgIpc) is 2.83. The van der Waals surface area contributed by atoms with Crippen molar-refractivity contribution in [3.05, 3.63) is 0 Å². The molecule has 2 aliphatic rings. The third-order valence-electron chi connectivity index (χ3n) is 4.40. The first-order valence-corrected chi connectivity index (χ1v) is 6.65. The summed E-state index contributed by atoms with van der Waals surface area (Å²) in [5.74, 6) is -0.648. The van der Waals surface area contributed by atoms with Crippen LogP contribution in [0, 0.1) is 5.41 Å². The third-order valence-corrected chi connectivity index (χ3v) is 4.40. The minimum Gasteiger partial charge on any atom is -0.481 e. The first-order valence-electron chi connectivity index (χ1n) is 6.65. The molecule has 0 spiro atoms. The second-order valence-corrected chi connectivity index (χ2v) is 5.55. The van der Waals surface area contributed by atoms with E-state index in [0.29, 0.717) is 38.6 Å². The molecule has 0 bridgehead atoms. The summed E-state index contributed by atoms with van der Waals surface area (Å²) in [5, 5.41) is 9.50. The number of ether oxygens (including phenoxy) is 1. The summed E-state index contributed by atoms with van der Waals surface area (Å²) in [5.41, 5.74) is -0.574. The zero-order valence-electron chi connectivity index (χ0n) is 10.7. The smallest absolute Gasteiger partial charge is 0.311 e. The summed E-state index contributed by atoms with van der Waals surface area (Å²) < 4.78 is 5.30. The number of nitrogens with zero attached hydrogens (tertiary/aromatic N) is 1. The highest BCUT2D eigenvalue weighted by Gasteiger charge is 2.42. The fourth-order valence-electron chi connectivity index (χ4n) is 3.15. The molecule has 0 aromatic heterocycles. The van der Waals surface area contributed by atoms with Crippen LogP contribution in [0.3, 0.4) is 0 Å². The lowest BCUT2D eigenvalue weighted by atomic mass is 9.79. The molecular formula is C13H23NO3. The molecule has 0 radical (unpaired) electrons. The van der Waals surface area contributed by atoms with Gasteiger partial charge in [-0.1, -0.05) is 12.8 Å². The highest BCUT2D eigenvalue weighted by Crippen LogP contribution is 2.34. The van der Waals surface area contributed by atoms with Crippen LogP contribution in [0.25, 0.3) is 0 Å². The van der Waals surface area contributed by atoms with Crippen LogP contribution in [-0.4, -0.2) is 48.8 Å². The monoisotopic (exact) mass is 241 g/mol. The summed E-state index contributed by atoms with van der Waals surface area (Å²) in [7, 11) is 2.08. The van der Waals surface area contributed by atoms with Gasteiger partial charge in [0.1, 0.15) is 0 Å². The number of aliphatic carboxylic acids is 1. The van der Waals surface area contributed by atoms with Crippen molar-refractivity contribution < 1.29 is 14.6 Å². The van der Waals surface area contributed by atoms with Crippen LogP contribution in [-0.2, 0) is 9.53 Å². The van der Waals surface area contributed by atoms with Crippen molar-refractivity contribution in [2.45, 2.75) is 44.6 Å². The van der Waals surface area contributed by atoms with Crippen LogP contribution < -0.4 is 0 Å². The molecule has 0 aromatic rings. The Labute approximate surface area is 103 Å². The molecule has 0 unspecified atom stereocenters. The van der Waals surface area contributed by atoms with Gasteiger partial charge in [-0.3, -0.25) is 4.79 Å². The summed E-state index contributed by atoms with van der Waals surface area (Å²) in [6.45, 7) is 1.85. The topological polar surface area (TPSA) is 49.8 Å². The molecule has 4 heteroatoms. The van der Waals surface area contributed by atoms with Crippen LogP contribution >= 0.6 is 0 Å². The fourth-order valence-corrected chi connectivity index (χ4v) is 3.15. The van der Waals surface area contributed by atoms with E-state index >= 15 is 0 Å². The van der Waals surface area contributed by atoms with Gasteiger partial charge in [0.15, 0.2) is 0 Å². The van der Waals surface area contributed by atoms with E-state index in [4.69, 9.17) is 4.74 Å². The van der Waals surface area contributed by atoms with Crippen molar-refractivity contribution in [1.82, 2.24) is 4.90 Å². The van der Waals surface area contributed by atoms with Gasteiger partial charge in [-0.15, -0.1) is 0 Å². The molecule has 1 heterocycles. The van der Waals surface area contributed by atoms with E-state index in [1.54, 1.807) is 0 Å². The van der Waals surface area contributed by atoms with Crippen LogP contribution in [0.4, 0.5) is 0 Å². The molecule has 2 fully saturated rings. The highest BCUT2D eigenvalue weighted by molar-refractivity contribution is 5.75. The molecule has 0 aromatic carbocycles. The molecule has 0 atom stereocenters. The molecule has 1 saturated heterocycles. The zero-order valence-corrected chi connectivity index (χ0v) is 10.7. The van der Waals surface area contributed by atoms with E-state index < -0.39 is 11.4 Å². The molecule has 4 nitrogen and oxygen atoms in total. The third kappa shape index (κ3) is 2.80. The highest BCUT2D eigenvalue weighted by atomic mass is 16.5. The fraction of sp³-hybridized carbons (Fsp3) is 0.923. The maximum absolute atomic E-state index is 11.5. The number of hydrogen-bond acceptors (Lipinski definition) is 3. The van der Waals surface area contributed by atoms with E-state index in [2.05, 4.69) is 11.9 Å². The minimum atomic E-state index is -0.648. The van der Waals surface area contributed by atoms with Gasteiger partial charge in [-0.25, -0.2) is 0 Å². The number of rotatable bonds is 4. The summed E-state index contributed by atoms with van der Waals surface area (Å²) in [6, 6.07) is 0.592. The Balaban J connectivity index is 1.98. The Morgan fingerprint density at radius 1 is 1.35 bits per heavy atom. The summed E-state index contributed by atoms with van der Waals surface area (Å²) in [4.78, 5) is 13.8. The second kappa shape index (κ2) is 5.36. The Hall–Kier alpha value is -0.610. The van der Waals surface area contributed by atoms with Crippen LogP contribution in [0.15, 0.2) is 0 Å². The van der Waals surface area contributed by atoms with Crippen molar-refractivity contribution in [3.8, 4) is 0 Å². The normalized spacial score (nSPS) is 25.3. The maximum Gasteiger partial charge on any atom is 0.311 e. The Morgan fingerprint density at radius 2 is 1.94 bits per heavy atom. The van der Waals surface area contributed by atoms with Crippen LogP contribution in [0.5, 0.6) is 0 Å². The predicted octanol–water partition coefficient (Wildman–Crippen LogP) is 1.74. The molecule has 1 aliphatic carbocycles. The van der Waals surface area contributed by atoms with E-state index in [-0.39, 0.29) is 0 Å². The van der Waals surface area contributed by atoms with E-state index in [9.17, 15) is 9.90 Å². The van der Waals surface area contributed by atoms with Gasteiger partial charge in [0.2, 0.25) is 0 Å². The van der Waals surface area contributed by atoms with E-state index in [0.717, 1.165) is 0 Å². The Morgan fingerprint density at radius 3 is 2.47 bits per heavy atom. The molecule has 1 saturated carbocycles. The largest absolute Gasteiger partial charge is 0.481 e. The van der Waals surface area contributed by atoms with Crippen molar-refractivity contribution in [2.75, 3.05) is 26.8 Å². The number of carboxylic acids is 1. The van der Waals surface area contributed by atoms with Crippen molar-refractivity contribution in [1.29, 1.82) is 0 Å².